The first kappa shape index (κ1) is 40.8. The zero-order chi connectivity index (χ0) is 46.9. The molecule has 4 aliphatic rings. The summed E-state index contributed by atoms with van der Waals surface area (Å²) in [5.74, 6) is -4.72. The molecular formula is C56H42O12. The number of phenolic OH excluding ortho intramolecular Hbond substituents is 10. The molecule has 8 atom stereocenters. The molecule has 2 aliphatic heterocycles. The highest BCUT2D eigenvalue weighted by molar-refractivity contribution is 5.74. The molecule has 0 fully saturated rings. The molecule has 10 N–H and O–H groups in total. The summed E-state index contributed by atoms with van der Waals surface area (Å²) >= 11 is 0. The molecule has 0 saturated carbocycles. The van der Waals surface area contributed by atoms with E-state index in [0.717, 1.165) is 5.56 Å². The molecule has 68 heavy (non-hydrogen) atoms. The number of ether oxygens (including phenoxy) is 2. The van der Waals surface area contributed by atoms with E-state index in [1.807, 2.05) is 12.1 Å². The number of phenols is 10. The van der Waals surface area contributed by atoms with E-state index in [4.69, 9.17) is 9.47 Å². The number of hydrogen-bond donors (Lipinski definition) is 10. The summed E-state index contributed by atoms with van der Waals surface area (Å²) in [6.07, 6.45) is -1.59. The number of fused-ring (bicyclic) bond motifs is 3. The first-order valence-corrected chi connectivity index (χ1v) is 22.2. The van der Waals surface area contributed by atoms with Gasteiger partial charge in [-0.1, -0.05) is 48.5 Å². The lowest BCUT2D eigenvalue weighted by atomic mass is 9.68. The quantitative estimate of drug-likeness (QED) is 0.0753. The van der Waals surface area contributed by atoms with E-state index in [9.17, 15) is 51.1 Å². The Morgan fingerprint density at radius 3 is 1.26 bits per heavy atom. The van der Waals surface area contributed by atoms with Crippen LogP contribution in [0, 0.1) is 0 Å². The average Bonchev–Trinajstić information content (AvgIpc) is 3.96. The summed E-state index contributed by atoms with van der Waals surface area (Å²) < 4.78 is 13.7. The van der Waals surface area contributed by atoms with Gasteiger partial charge in [0.2, 0.25) is 0 Å². The van der Waals surface area contributed by atoms with Gasteiger partial charge in [0.1, 0.15) is 81.2 Å². The van der Waals surface area contributed by atoms with Crippen LogP contribution in [0.4, 0.5) is 0 Å². The molecule has 0 amide bonds. The zero-order valence-corrected chi connectivity index (χ0v) is 35.8. The monoisotopic (exact) mass is 906 g/mol. The molecule has 8 aromatic rings. The smallest absolute Gasteiger partial charge is 0.135 e. The minimum absolute atomic E-state index is 0.0105. The number of aromatic hydroxyl groups is 10. The molecule has 0 radical (unpaired) electrons. The third kappa shape index (κ3) is 6.20. The van der Waals surface area contributed by atoms with Gasteiger partial charge >= 0.3 is 0 Å². The van der Waals surface area contributed by atoms with Crippen LogP contribution in [0.5, 0.6) is 69.0 Å². The topological polar surface area (TPSA) is 221 Å². The Morgan fingerprint density at radius 2 is 0.706 bits per heavy atom. The summed E-state index contributed by atoms with van der Waals surface area (Å²) in [5.41, 5.74) is 7.26. The Balaban J connectivity index is 1.20. The Kier molecular flexibility index (Phi) is 8.97. The van der Waals surface area contributed by atoms with E-state index < -0.39 is 47.7 Å². The van der Waals surface area contributed by atoms with Crippen LogP contribution in [0.15, 0.2) is 146 Å². The van der Waals surface area contributed by atoms with Crippen LogP contribution in [-0.4, -0.2) is 51.1 Å². The van der Waals surface area contributed by atoms with Gasteiger partial charge in [-0.15, -0.1) is 0 Å². The van der Waals surface area contributed by atoms with Crippen LogP contribution in [0.1, 0.15) is 114 Å². The second kappa shape index (κ2) is 14.9. The van der Waals surface area contributed by atoms with Crippen molar-refractivity contribution in [2.45, 2.75) is 47.7 Å². The lowest BCUT2D eigenvalue weighted by Crippen LogP contribution is -2.21. The Bertz CT molecular complexity index is 3310. The highest BCUT2D eigenvalue weighted by Crippen LogP contribution is 2.72. The van der Waals surface area contributed by atoms with E-state index in [2.05, 4.69) is 0 Å². The van der Waals surface area contributed by atoms with Gasteiger partial charge in [0, 0.05) is 70.2 Å². The van der Waals surface area contributed by atoms with Crippen molar-refractivity contribution in [2.24, 2.45) is 0 Å². The molecule has 0 aromatic heterocycles. The second-order valence-corrected chi connectivity index (χ2v) is 18.2. The van der Waals surface area contributed by atoms with Gasteiger partial charge in [-0.2, -0.15) is 0 Å². The summed E-state index contributed by atoms with van der Waals surface area (Å²) in [5, 5.41) is 112. The van der Waals surface area contributed by atoms with Gasteiger partial charge in [-0.3, -0.25) is 0 Å². The summed E-state index contributed by atoms with van der Waals surface area (Å²) in [6.45, 7) is 0. The largest absolute Gasteiger partial charge is 0.508 e. The van der Waals surface area contributed by atoms with Crippen molar-refractivity contribution in [1.82, 2.24) is 0 Å². The van der Waals surface area contributed by atoms with Crippen molar-refractivity contribution in [1.29, 1.82) is 0 Å². The van der Waals surface area contributed by atoms with Crippen molar-refractivity contribution in [3.63, 3.8) is 0 Å². The minimum Gasteiger partial charge on any atom is -0.508 e. The standard InChI is InChI=1S/C56H42O12/c57-30-9-1-25(2-10-30)44-47-38(20-36(63)22-40(47)65)50-52-43(68-56(50)28-7-15-33(60)16-8-28)24-41(66)51-49(45(53(44)54(51)52)26-3-11-31(58)12-4-26)39-21-37(64)23-42-48(39)46(29-17-34(61)19-35(62)18-29)55(67-42)27-5-13-32(59)14-6-27/h1-24,44-46,49-50,53,55-66H/t44-,45+,46-,49-,50-,53-,55+,56-/m1/s1. The van der Waals surface area contributed by atoms with Crippen molar-refractivity contribution >= 4 is 0 Å². The van der Waals surface area contributed by atoms with Gasteiger partial charge in [-0.05, 0) is 117 Å². The molecule has 0 saturated heterocycles. The van der Waals surface area contributed by atoms with Crippen molar-refractivity contribution in [2.75, 3.05) is 0 Å². The molecule has 338 valence electrons. The van der Waals surface area contributed by atoms with Crippen molar-refractivity contribution < 1.29 is 60.5 Å². The fourth-order valence-electron chi connectivity index (χ4n) is 12.0. The number of rotatable bonds is 6. The SMILES string of the molecule is Oc1ccc([C@@H]2c3c(O)cc(O)cc3[C@@H]3c4c(cc(O)c5c4[C@H]2[C@@H](c2ccc(O)cc2)[C@H]5c2cc(O)cc4c2[C@@H](c2cc(O)cc(O)c2)[C@H](c2ccc(O)cc2)O4)O[C@@H]3c2ccc(O)cc2)cc1. The lowest BCUT2D eigenvalue weighted by molar-refractivity contribution is 0.221. The van der Waals surface area contributed by atoms with Gasteiger partial charge in [-0.25, -0.2) is 0 Å². The molecule has 0 bridgehead atoms. The fourth-order valence-corrected chi connectivity index (χ4v) is 12.0. The Hall–Kier alpha value is -8.64. The second-order valence-electron chi connectivity index (χ2n) is 18.2. The normalized spacial score (nSPS) is 22.6. The maximum atomic E-state index is 12.8. The highest BCUT2D eigenvalue weighted by Gasteiger charge is 2.57. The first-order valence-electron chi connectivity index (χ1n) is 22.2. The number of benzene rings is 8. The fraction of sp³-hybridized carbons (Fsp3) is 0.143. The van der Waals surface area contributed by atoms with Crippen LogP contribution in [0.3, 0.4) is 0 Å². The van der Waals surface area contributed by atoms with Gasteiger partial charge in [0.15, 0.2) is 0 Å². The summed E-state index contributed by atoms with van der Waals surface area (Å²) in [6, 6.07) is 38.6. The lowest BCUT2D eigenvalue weighted by Gasteiger charge is -2.35. The molecule has 8 aromatic carbocycles. The van der Waals surface area contributed by atoms with Crippen LogP contribution < -0.4 is 9.47 Å². The maximum absolute atomic E-state index is 12.8. The predicted octanol–water partition coefficient (Wildman–Crippen LogP) is 10.4. The maximum Gasteiger partial charge on any atom is 0.135 e. The van der Waals surface area contributed by atoms with E-state index in [-0.39, 0.29) is 57.5 Å². The summed E-state index contributed by atoms with van der Waals surface area (Å²) in [4.78, 5) is 0. The number of hydrogen-bond acceptors (Lipinski definition) is 12. The third-order valence-electron chi connectivity index (χ3n) is 14.4. The van der Waals surface area contributed by atoms with Gasteiger partial charge in [0.25, 0.3) is 0 Å². The molecule has 0 unspecified atom stereocenters. The molecule has 12 nitrogen and oxygen atoms in total. The molecule has 2 heterocycles. The van der Waals surface area contributed by atoms with Gasteiger partial charge < -0.3 is 60.5 Å². The molecular weight excluding hydrogens is 865 g/mol. The molecule has 12 heteroatoms. The molecule has 2 aliphatic carbocycles. The van der Waals surface area contributed by atoms with E-state index in [0.29, 0.717) is 72.7 Å². The molecule has 0 spiro atoms. The van der Waals surface area contributed by atoms with Gasteiger partial charge in [0.05, 0.1) is 11.8 Å². The Labute approximate surface area is 388 Å². The van der Waals surface area contributed by atoms with Crippen molar-refractivity contribution in [3.05, 3.63) is 212 Å². The Morgan fingerprint density at radius 1 is 0.265 bits per heavy atom. The average molecular weight is 907 g/mol. The predicted molar refractivity (Wildman–Crippen MR) is 248 cm³/mol. The third-order valence-corrected chi connectivity index (χ3v) is 14.4. The highest BCUT2D eigenvalue weighted by atomic mass is 16.5. The minimum atomic E-state index is -0.838. The van der Waals surface area contributed by atoms with Crippen LogP contribution in [-0.2, 0) is 0 Å². The van der Waals surface area contributed by atoms with E-state index in [1.165, 1.54) is 30.3 Å². The van der Waals surface area contributed by atoms with E-state index >= 15 is 0 Å². The van der Waals surface area contributed by atoms with Crippen LogP contribution >= 0.6 is 0 Å². The zero-order valence-electron chi connectivity index (χ0n) is 35.8. The van der Waals surface area contributed by atoms with Crippen LogP contribution in [0.2, 0.25) is 0 Å². The molecule has 12 rings (SSSR count). The van der Waals surface area contributed by atoms with Crippen molar-refractivity contribution in [3.8, 4) is 69.0 Å². The van der Waals surface area contributed by atoms with E-state index in [1.54, 1.807) is 103 Å². The first-order chi connectivity index (χ1) is 32.8. The summed E-state index contributed by atoms with van der Waals surface area (Å²) in [7, 11) is 0. The van der Waals surface area contributed by atoms with Crippen LogP contribution in [0.25, 0.3) is 0 Å².